The van der Waals surface area contributed by atoms with Crippen LogP contribution in [-0.2, 0) is 15.3 Å². The predicted octanol–water partition coefficient (Wildman–Crippen LogP) is 4.42. The quantitative estimate of drug-likeness (QED) is 0.602. The molecule has 5 nitrogen and oxygen atoms in total. The SMILES string of the molecule is CC1(C)[C@H]2CC[C@@]1(c1cccc(S(C)(=O)=O)n1)c1nnc(-c3c(F)cccc3F)cc12. The third-order valence-electron chi connectivity index (χ3n) is 7.14. The molecule has 2 heterocycles. The Morgan fingerprint density at radius 2 is 1.71 bits per heavy atom. The molecular weight excluding hydrogens is 420 g/mol. The summed E-state index contributed by atoms with van der Waals surface area (Å²) in [6.45, 7) is 4.23. The predicted molar refractivity (Wildman–Crippen MR) is 111 cm³/mol. The van der Waals surface area contributed by atoms with Gasteiger partial charge in [0, 0.05) is 6.26 Å². The first kappa shape index (κ1) is 20.2. The molecule has 2 bridgehead atoms. The minimum atomic E-state index is -3.47. The first-order chi connectivity index (χ1) is 14.6. The van der Waals surface area contributed by atoms with Crippen molar-refractivity contribution in [1.82, 2.24) is 15.2 Å². The fourth-order valence-electron chi connectivity index (χ4n) is 5.62. The Hall–Kier alpha value is -2.74. The summed E-state index contributed by atoms with van der Waals surface area (Å²) >= 11 is 0. The van der Waals surface area contributed by atoms with Gasteiger partial charge in [0.25, 0.3) is 0 Å². The summed E-state index contributed by atoms with van der Waals surface area (Å²) in [6, 6.07) is 10.5. The molecule has 5 rings (SSSR count). The van der Waals surface area contributed by atoms with Gasteiger partial charge >= 0.3 is 0 Å². The molecule has 2 aliphatic carbocycles. The number of rotatable bonds is 3. The van der Waals surface area contributed by atoms with Crippen molar-refractivity contribution in [1.29, 1.82) is 0 Å². The number of hydrogen-bond acceptors (Lipinski definition) is 5. The molecule has 0 aliphatic heterocycles. The van der Waals surface area contributed by atoms with Gasteiger partial charge < -0.3 is 0 Å². The van der Waals surface area contributed by atoms with Crippen LogP contribution in [0.15, 0.2) is 47.5 Å². The van der Waals surface area contributed by atoms with E-state index in [9.17, 15) is 17.2 Å². The summed E-state index contributed by atoms with van der Waals surface area (Å²) in [4.78, 5) is 4.52. The molecule has 2 aromatic heterocycles. The second-order valence-electron chi connectivity index (χ2n) is 8.98. The zero-order valence-corrected chi connectivity index (χ0v) is 18.2. The summed E-state index contributed by atoms with van der Waals surface area (Å²) < 4.78 is 52.9. The van der Waals surface area contributed by atoms with Gasteiger partial charge in [0.1, 0.15) is 11.6 Å². The number of hydrogen-bond donors (Lipinski definition) is 0. The summed E-state index contributed by atoms with van der Waals surface area (Å²) in [5, 5.41) is 8.67. The summed E-state index contributed by atoms with van der Waals surface area (Å²) in [7, 11) is -3.47. The standard InChI is InChI=1S/C23H21F2N3O2S/c1-22(2)14-10-11-23(22,18-8-5-9-19(26-18)31(3,29)30)21-13(14)12-17(27-28-21)20-15(24)6-4-7-16(20)25/h4-9,12,14H,10-11H2,1-3H3/t14-,23+/m0/s1. The number of fused-ring (bicyclic) bond motifs is 5. The maximum absolute atomic E-state index is 14.3. The van der Waals surface area contributed by atoms with Gasteiger partial charge in [-0.25, -0.2) is 22.2 Å². The highest BCUT2D eigenvalue weighted by Crippen LogP contribution is 2.69. The van der Waals surface area contributed by atoms with E-state index in [2.05, 4.69) is 29.0 Å². The largest absolute Gasteiger partial charge is 0.240 e. The molecule has 160 valence electrons. The van der Waals surface area contributed by atoms with Crippen LogP contribution in [-0.4, -0.2) is 29.9 Å². The van der Waals surface area contributed by atoms with E-state index in [1.165, 1.54) is 24.3 Å². The topological polar surface area (TPSA) is 72.8 Å². The van der Waals surface area contributed by atoms with Crippen LogP contribution in [0.25, 0.3) is 11.3 Å². The molecule has 0 spiro atoms. The summed E-state index contributed by atoms with van der Waals surface area (Å²) in [5.74, 6) is -1.28. The molecule has 8 heteroatoms. The van der Waals surface area contributed by atoms with E-state index >= 15 is 0 Å². The highest BCUT2D eigenvalue weighted by Gasteiger charge is 2.65. The maximum atomic E-state index is 14.3. The van der Waals surface area contributed by atoms with Crippen LogP contribution in [0, 0.1) is 17.0 Å². The molecular formula is C23H21F2N3O2S. The molecule has 0 unspecified atom stereocenters. The van der Waals surface area contributed by atoms with E-state index in [0.717, 1.165) is 24.7 Å². The summed E-state index contributed by atoms with van der Waals surface area (Å²) in [6.07, 6.45) is 2.73. The molecule has 2 atom stereocenters. The smallest absolute Gasteiger partial charge is 0.192 e. The number of halogens is 2. The lowest BCUT2D eigenvalue weighted by Gasteiger charge is -2.37. The third-order valence-corrected chi connectivity index (χ3v) is 8.13. The third kappa shape index (κ3) is 2.63. The maximum Gasteiger partial charge on any atom is 0.192 e. The Morgan fingerprint density at radius 3 is 2.39 bits per heavy atom. The van der Waals surface area contributed by atoms with E-state index < -0.39 is 26.9 Å². The van der Waals surface area contributed by atoms with Crippen LogP contribution in [0.1, 0.15) is 49.6 Å². The van der Waals surface area contributed by atoms with Crippen LogP contribution >= 0.6 is 0 Å². The molecule has 0 amide bonds. The molecule has 31 heavy (non-hydrogen) atoms. The van der Waals surface area contributed by atoms with Gasteiger partial charge in [-0.15, -0.1) is 5.10 Å². The zero-order chi connectivity index (χ0) is 22.2. The van der Waals surface area contributed by atoms with Crippen molar-refractivity contribution in [2.45, 2.75) is 43.0 Å². The Bertz CT molecular complexity index is 1320. The van der Waals surface area contributed by atoms with Crippen LogP contribution in [0.2, 0.25) is 0 Å². The van der Waals surface area contributed by atoms with Gasteiger partial charge in [0.2, 0.25) is 0 Å². The number of nitrogens with zero attached hydrogens (tertiary/aromatic N) is 3. The molecule has 1 aromatic carbocycles. The number of benzene rings is 1. The molecule has 2 aliphatic rings. The Balaban J connectivity index is 1.73. The van der Waals surface area contributed by atoms with E-state index in [1.54, 1.807) is 12.1 Å². The van der Waals surface area contributed by atoms with Crippen molar-refractivity contribution < 1.29 is 17.2 Å². The van der Waals surface area contributed by atoms with Gasteiger partial charge in [-0.2, -0.15) is 5.10 Å². The highest BCUT2D eigenvalue weighted by molar-refractivity contribution is 7.90. The average molecular weight is 442 g/mol. The minimum absolute atomic E-state index is 0.0186. The molecule has 3 aromatic rings. The van der Waals surface area contributed by atoms with Crippen molar-refractivity contribution in [2.75, 3.05) is 6.26 Å². The van der Waals surface area contributed by atoms with E-state index in [4.69, 9.17) is 0 Å². The Kier molecular flexibility index (Phi) is 4.16. The van der Waals surface area contributed by atoms with Gasteiger partial charge in [0.05, 0.1) is 28.1 Å². The van der Waals surface area contributed by atoms with Gasteiger partial charge in [0.15, 0.2) is 14.9 Å². The van der Waals surface area contributed by atoms with Gasteiger partial charge in [-0.1, -0.05) is 26.0 Å². The molecule has 0 N–H and O–H groups in total. The number of sulfone groups is 1. The van der Waals surface area contributed by atoms with Crippen LogP contribution < -0.4 is 0 Å². The number of pyridine rings is 1. The molecule has 1 fully saturated rings. The monoisotopic (exact) mass is 441 g/mol. The molecule has 0 saturated heterocycles. The van der Waals surface area contributed by atoms with Gasteiger partial charge in [-0.05, 0) is 60.1 Å². The lowest BCUT2D eigenvalue weighted by atomic mass is 9.66. The van der Waals surface area contributed by atoms with E-state index in [-0.39, 0.29) is 27.6 Å². The van der Waals surface area contributed by atoms with Crippen LogP contribution in [0.5, 0.6) is 0 Å². The average Bonchev–Trinajstić information content (AvgIpc) is 3.09. The molecule has 1 saturated carbocycles. The second-order valence-corrected chi connectivity index (χ2v) is 10.9. The highest BCUT2D eigenvalue weighted by atomic mass is 32.2. The first-order valence-electron chi connectivity index (χ1n) is 10.1. The fraction of sp³-hybridized carbons (Fsp3) is 0.348. The van der Waals surface area contributed by atoms with Crippen molar-refractivity contribution in [2.24, 2.45) is 5.41 Å². The lowest BCUT2D eigenvalue weighted by Crippen LogP contribution is -2.38. The Morgan fingerprint density at radius 1 is 1.03 bits per heavy atom. The van der Waals surface area contributed by atoms with Crippen LogP contribution in [0.4, 0.5) is 8.78 Å². The van der Waals surface area contributed by atoms with Gasteiger partial charge in [-0.3, -0.25) is 0 Å². The normalized spacial score (nSPS) is 23.7. The molecule has 0 radical (unpaired) electrons. The van der Waals surface area contributed by atoms with E-state index in [1.807, 2.05) is 6.07 Å². The first-order valence-corrected chi connectivity index (χ1v) is 12.0. The van der Waals surface area contributed by atoms with Crippen molar-refractivity contribution in [3.8, 4) is 11.3 Å². The number of aromatic nitrogens is 3. The summed E-state index contributed by atoms with van der Waals surface area (Å²) in [5.41, 5.74) is 1.28. The van der Waals surface area contributed by atoms with Crippen molar-refractivity contribution in [3.63, 3.8) is 0 Å². The van der Waals surface area contributed by atoms with Crippen molar-refractivity contribution in [3.05, 3.63) is 71.1 Å². The fourth-order valence-corrected chi connectivity index (χ4v) is 6.21. The minimum Gasteiger partial charge on any atom is -0.240 e. The zero-order valence-electron chi connectivity index (χ0n) is 17.4. The van der Waals surface area contributed by atoms with Crippen molar-refractivity contribution >= 4 is 9.84 Å². The van der Waals surface area contributed by atoms with Crippen LogP contribution in [0.3, 0.4) is 0 Å². The Labute approximate surface area is 179 Å². The lowest BCUT2D eigenvalue weighted by molar-refractivity contribution is 0.242. The second kappa shape index (κ2) is 6.38. The van der Waals surface area contributed by atoms with E-state index in [0.29, 0.717) is 11.4 Å².